The maximum Gasteiger partial charge on any atom is 0.262 e. The van der Waals surface area contributed by atoms with E-state index in [1.165, 1.54) is 11.3 Å². The normalized spacial score (nSPS) is 12.4. The van der Waals surface area contributed by atoms with E-state index in [0.717, 1.165) is 33.9 Å². The Bertz CT molecular complexity index is 1260. The number of fused-ring (bicyclic) bond motifs is 1. The van der Waals surface area contributed by atoms with E-state index in [9.17, 15) is 4.79 Å². The van der Waals surface area contributed by atoms with Gasteiger partial charge in [0, 0.05) is 35.4 Å². The number of halogens is 1. The average Bonchev–Trinajstić information content (AvgIpc) is 3.36. The van der Waals surface area contributed by atoms with Crippen molar-refractivity contribution < 1.29 is 9.53 Å². The molecule has 32 heavy (non-hydrogen) atoms. The molecule has 166 valence electrons. The predicted octanol–water partition coefficient (Wildman–Crippen LogP) is 5.45. The van der Waals surface area contributed by atoms with Gasteiger partial charge in [-0.1, -0.05) is 43.6 Å². The molecule has 3 N–H and O–H groups in total. The number of thiophene rings is 1. The number of nitrogens with two attached hydrogens (primary N) is 1. The van der Waals surface area contributed by atoms with Gasteiger partial charge in [0.1, 0.15) is 22.4 Å². The molecule has 6 nitrogen and oxygen atoms in total. The molecule has 1 aromatic carbocycles. The number of rotatable bonds is 8. The summed E-state index contributed by atoms with van der Waals surface area (Å²) < 4.78 is 8.15. The number of carbonyl (C=O) groups is 1. The van der Waals surface area contributed by atoms with E-state index in [1.54, 1.807) is 6.20 Å². The number of pyridine rings is 1. The van der Waals surface area contributed by atoms with Crippen LogP contribution >= 0.6 is 22.9 Å². The third-order valence-corrected chi connectivity index (χ3v) is 6.59. The number of nitrogens with one attached hydrogen (secondary N) is 1. The molecule has 8 heteroatoms. The second-order valence-electron chi connectivity index (χ2n) is 7.89. The molecule has 4 rings (SSSR count). The SMILES string of the molecule is CC(C)NCc1ccc([C@@H](C)Oc2cc(-c3cnc4ccccn34)sc2C(N)=O)c(Cl)c1. The van der Waals surface area contributed by atoms with Gasteiger partial charge in [-0.2, -0.15) is 0 Å². The molecule has 3 aromatic heterocycles. The van der Waals surface area contributed by atoms with Crippen molar-refractivity contribution in [3.05, 3.63) is 75.9 Å². The van der Waals surface area contributed by atoms with Crippen LogP contribution in [0.2, 0.25) is 5.02 Å². The highest BCUT2D eigenvalue weighted by atomic mass is 35.5. The zero-order chi connectivity index (χ0) is 22.8. The van der Waals surface area contributed by atoms with Crippen LogP contribution in [0.1, 0.15) is 47.7 Å². The predicted molar refractivity (Wildman–Crippen MR) is 129 cm³/mol. The quantitative estimate of drug-likeness (QED) is 0.360. The molecule has 0 radical (unpaired) electrons. The maximum absolute atomic E-state index is 12.1. The van der Waals surface area contributed by atoms with Crippen LogP contribution in [0, 0.1) is 0 Å². The fourth-order valence-corrected chi connectivity index (χ4v) is 4.77. The van der Waals surface area contributed by atoms with Crippen LogP contribution in [0.4, 0.5) is 0 Å². The number of nitrogens with zero attached hydrogens (tertiary/aromatic N) is 2. The van der Waals surface area contributed by atoms with Gasteiger partial charge in [-0.15, -0.1) is 11.3 Å². The van der Waals surface area contributed by atoms with Gasteiger partial charge in [-0.05, 0) is 30.7 Å². The van der Waals surface area contributed by atoms with E-state index >= 15 is 0 Å². The number of imidazole rings is 1. The van der Waals surface area contributed by atoms with Gasteiger partial charge in [0.15, 0.2) is 0 Å². The Morgan fingerprint density at radius 2 is 2.06 bits per heavy atom. The number of aromatic nitrogens is 2. The van der Waals surface area contributed by atoms with E-state index in [4.69, 9.17) is 22.1 Å². The molecule has 0 bridgehead atoms. The highest BCUT2D eigenvalue weighted by molar-refractivity contribution is 7.17. The molecule has 0 spiro atoms. The number of carbonyl (C=O) groups excluding carboxylic acids is 1. The molecule has 0 aliphatic rings. The number of hydrogen-bond acceptors (Lipinski definition) is 5. The van der Waals surface area contributed by atoms with E-state index in [-0.39, 0.29) is 6.10 Å². The molecule has 3 heterocycles. The molecule has 0 saturated heterocycles. The minimum Gasteiger partial charge on any atom is -0.484 e. The highest BCUT2D eigenvalue weighted by Crippen LogP contribution is 2.39. The second-order valence-corrected chi connectivity index (χ2v) is 9.35. The highest BCUT2D eigenvalue weighted by Gasteiger charge is 2.21. The summed E-state index contributed by atoms with van der Waals surface area (Å²) in [6, 6.07) is 14.0. The number of benzene rings is 1. The zero-order valence-corrected chi connectivity index (χ0v) is 19.7. The van der Waals surface area contributed by atoms with Crippen LogP contribution in [0.3, 0.4) is 0 Å². The molecule has 0 fully saturated rings. The third kappa shape index (κ3) is 4.65. The smallest absolute Gasteiger partial charge is 0.262 e. The fourth-order valence-electron chi connectivity index (χ4n) is 3.46. The standard InChI is InChI=1S/C24H25ClN4O2S/c1-14(2)27-12-16-7-8-17(18(25)10-16)15(3)31-20-11-21(32-23(20)24(26)30)19-13-28-22-6-4-5-9-29(19)22/h4-11,13-15,27H,12H2,1-3H3,(H2,26,30)/t15-/m1/s1. The second kappa shape index (κ2) is 9.32. The Morgan fingerprint density at radius 1 is 1.25 bits per heavy atom. The molecule has 1 amide bonds. The lowest BCUT2D eigenvalue weighted by molar-refractivity contribution is 0.0998. The molecule has 1 atom stereocenters. The van der Waals surface area contributed by atoms with Crippen LogP contribution in [-0.4, -0.2) is 21.3 Å². The van der Waals surface area contributed by atoms with Crippen molar-refractivity contribution in [1.82, 2.24) is 14.7 Å². The Morgan fingerprint density at radius 3 is 2.78 bits per heavy atom. The van der Waals surface area contributed by atoms with Gasteiger partial charge < -0.3 is 15.8 Å². The van der Waals surface area contributed by atoms with E-state index < -0.39 is 5.91 Å². The van der Waals surface area contributed by atoms with Crippen LogP contribution in [0.15, 0.2) is 54.9 Å². The van der Waals surface area contributed by atoms with Crippen LogP contribution in [0.25, 0.3) is 16.2 Å². The van der Waals surface area contributed by atoms with Gasteiger partial charge in [0.25, 0.3) is 5.91 Å². The monoisotopic (exact) mass is 468 g/mol. The Balaban J connectivity index is 1.61. The van der Waals surface area contributed by atoms with Crippen molar-refractivity contribution in [2.24, 2.45) is 5.73 Å². The van der Waals surface area contributed by atoms with Gasteiger partial charge in [0.2, 0.25) is 0 Å². The van der Waals surface area contributed by atoms with Crippen LogP contribution in [0.5, 0.6) is 5.75 Å². The van der Waals surface area contributed by atoms with Crippen molar-refractivity contribution in [3.8, 4) is 16.3 Å². The van der Waals surface area contributed by atoms with Crippen molar-refractivity contribution >= 4 is 34.5 Å². The summed E-state index contributed by atoms with van der Waals surface area (Å²) in [5.74, 6) is -0.0871. The Kier molecular flexibility index (Phi) is 6.50. The first-order valence-electron chi connectivity index (χ1n) is 10.4. The van der Waals surface area contributed by atoms with Gasteiger partial charge in [-0.3, -0.25) is 9.20 Å². The number of ether oxygens (including phenoxy) is 1. The maximum atomic E-state index is 12.1. The van der Waals surface area contributed by atoms with Crippen molar-refractivity contribution in [3.63, 3.8) is 0 Å². The summed E-state index contributed by atoms with van der Waals surface area (Å²) in [4.78, 5) is 17.8. The lowest BCUT2D eigenvalue weighted by Gasteiger charge is -2.17. The fraction of sp³-hybridized carbons (Fsp3) is 0.250. The zero-order valence-electron chi connectivity index (χ0n) is 18.1. The van der Waals surface area contributed by atoms with E-state index in [1.807, 2.05) is 60.0 Å². The van der Waals surface area contributed by atoms with E-state index in [0.29, 0.717) is 21.7 Å². The summed E-state index contributed by atoms with van der Waals surface area (Å²) in [5, 5.41) is 4.00. The summed E-state index contributed by atoms with van der Waals surface area (Å²) in [6.45, 7) is 6.85. The summed E-state index contributed by atoms with van der Waals surface area (Å²) in [5.41, 5.74) is 9.29. The van der Waals surface area contributed by atoms with E-state index in [2.05, 4.69) is 24.1 Å². The molecule has 0 aliphatic heterocycles. The molecule has 0 aliphatic carbocycles. The lowest BCUT2D eigenvalue weighted by Crippen LogP contribution is -2.21. The first-order valence-corrected chi connectivity index (χ1v) is 11.6. The van der Waals surface area contributed by atoms with Crippen LogP contribution in [-0.2, 0) is 6.54 Å². The topological polar surface area (TPSA) is 81.7 Å². The minimum atomic E-state index is -0.529. The minimum absolute atomic E-state index is 0.364. The Hall–Kier alpha value is -2.87. The first-order chi connectivity index (χ1) is 15.3. The van der Waals surface area contributed by atoms with Gasteiger partial charge in [0.05, 0.1) is 16.8 Å². The molecule has 4 aromatic rings. The first kappa shape index (κ1) is 22.3. The van der Waals surface area contributed by atoms with Crippen molar-refractivity contribution in [2.75, 3.05) is 0 Å². The molecular formula is C24H25ClN4O2S. The molecule has 0 saturated carbocycles. The molecular weight excluding hydrogens is 444 g/mol. The number of amides is 1. The molecule has 0 unspecified atom stereocenters. The van der Waals surface area contributed by atoms with Gasteiger partial charge in [-0.25, -0.2) is 4.98 Å². The van der Waals surface area contributed by atoms with Crippen LogP contribution < -0.4 is 15.8 Å². The van der Waals surface area contributed by atoms with Crippen molar-refractivity contribution in [1.29, 1.82) is 0 Å². The average molecular weight is 469 g/mol. The third-order valence-electron chi connectivity index (χ3n) is 5.11. The summed E-state index contributed by atoms with van der Waals surface area (Å²) in [6.07, 6.45) is 3.34. The van der Waals surface area contributed by atoms with Gasteiger partial charge >= 0.3 is 0 Å². The summed E-state index contributed by atoms with van der Waals surface area (Å²) >= 11 is 7.84. The number of primary amides is 1. The van der Waals surface area contributed by atoms with Crippen molar-refractivity contribution in [2.45, 2.75) is 39.5 Å². The largest absolute Gasteiger partial charge is 0.484 e. The Labute approximate surface area is 196 Å². The number of hydrogen-bond donors (Lipinski definition) is 2. The lowest BCUT2D eigenvalue weighted by atomic mass is 10.1. The summed E-state index contributed by atoms with van der Waals surface area (Å²) in [7, 11) is 0.